The second kappa shape index (κ2) is 6.67. The monoisotopic (exact) mass is 362 g/mol. The Bertz CT molecular complexity index is 814. The zero-order chi connectivity index (χ0) is 18.3. The maximum absolute atomic E-state index is 13.2. The normalized spacial score (nSPS) is 30.2. The van der Waals surface area contributed by atoms with Crippen LogP contribution in [0.2, 0.25) is 0 Å². The van der Waals surface area contributed by atoms with E-state index < -0.39 is 42.4 Å². The number of anilines is 1. The lowest BCUT2D eigenvalue weighted by Crippen LogP contribution is -2.59. The van der Waals surface area contributed by atoms with E-state index in [4.69, 9.17) is 9.47 Å². The van der Waals surface area contributed by atoms with Gasteiger partial charge >= 0.3 is 6.03 Å². The van der Waals surface area contributed by atoms with Crippen LogP contribution in [0.3, 0.4) is 0 Å². The molecule has 2 bridgehead atoms. The van der Waals surface area contributed by atoms with Crippen molar-refractivity contribution in [3.05, 3.63) is 48.0 Å². The number of aromatic nitrogens is 2. The molecule has 4 rings (SSSR count). The topological polar surface area (TPSA) is 97.6 Å². The van der Waals surface area contributed by atoms with Gasteiger partial charge in [0.05, 0.1) is 18.8 Å². The van der Waals surface area contributed by atoms with Gasteiger partial charge in [0.1, 0.15) is 24.1 Å². The fraction of sp³-hybridized carbons (Fsp3) is 0.412. The van der Waals surface area contributed by atoms with Crippen LogP contribution in [-0.2, 0) is 9.47 Å². The zero-order valence-corrected chi connectivity index (χ0v) is 14.0. The van der Waals surface area contributed by atoms with E-state index in [0.29, 0.717) is 5.69 Å². The van der Waals surface area contributed by atoms with Crippen molar-refractivity contribution in [2.24, 2.45) is 0 Å². The SMILES string of the molecule is Cc1cnn(C2C3OCC(O3)C(NC(=O)Nc3cccc(F)c3)C2O)c1. The van der Waals surface area contributed by atoms with Crippen molar-refractivity contribution >= 4 is 11.7 Å². The Morgan fingerprint density at radius 2 is 2.31 bits per heavy atom. The Balaban J connectivity index is 1.49. The van der Waals surface area contributed by atoms with Crippen molar-refractivity contribution in [1.29, 1.82) is 0 Å². The van der Waals surface area contributed by atoms with Crippen molar-refractivity contribution in [2.75, 3.05) is 11.9 Å². The largest absolute Gasteiger partial charge is 0.388 e. The number of rotatable bonds is 3. The molecule has 26 heavy (non-hydrogen) atoms. The molecule has 2 aliphatic rings. The number of aliphatic hydroxyl groups excluding tert-OH is 1. The van der Waals surface area contributed by atoms with Gasteiger partial charge in [-0.05, 0) is 30.7 Å². The molecule has 0 radical (unpaired) electrons. The Morgan fingerprint density at radius 3 is 3.04 bits per heavy atom. The van der Waals surface area contributed by atoms with Gasteiger partial charge in [0.15, 0.2) is 6.29 Å². The number of fused-ring (bicyclic) bond motifs is 2. The second-order valence-electron chi connectivity index (χ2n) is 6.49. The highest BCUT2D eigenvalue weighted by molar-refractivity contribution is 5.89. The average Bonchev–Trinajstić information content (AvgIpc) is 3.20. The molecule has 0 aliphatic carbocycles. The summed E-state index contributed by atoms with van der Waals surface area (Å²) in [6.45, 7) is 2.14. The minimum absolute atomic E-state index is 0.253. The van der Waals surface area contributed by atoms with E-state index in [1.165, 1.54) is 18.2 Å². The van der Waals surface area contributed by atoms with E-state index in [1.807, 2.05) is 6.92 Å². The lowest BCUT2D eigenvalue weighted by atomic mass is 9.96. The van der Waals surface area contributed by atoms with Gasteiger partial charge in [-0.25, -0.2) is 9.18 Å². The van der Waals surface area contributed by atoms with Crippen LogP contribution < -0.4 is 10.6 Å². The number of hydrogen-bond donors (Lipinski definition) is 3. The molecule has 138 valence electrons. The molecule has 2 aliphatic heterocycles. The van der Waals surface area contributed by atoms with E-state index in [0.717, 1.165) is 5.56 Å². The summed E-state index contributed by atoms with van der Waals surface area (Å²) in [6.07, 6.45) is 1.40. The number of nitrogens with zero attached hydrogens (tertiary/aromatic N) is 2. The molecule has 2 saturated heterocycles. The minimum atomic E-state index is -0.959. The Hall–Kier alpha value is -2.49. The van der Waals surface area contributed by atoms with E-state index in [9.17, 15) is 14.3 Å². The highest BCUT2D eigenvalue weighted by atomic mass is 19.1. The lowest BCUT2D eigenvalue weighted by Gasteiger charge is -2.38. The Labute approximate surface area is 148 Å². The van der Waals surface area contributed by atoms with Crippen LogP contribution in [0, 0.1) is 12.7 Å². The van der Waals surface area contributed by atoms with Gasteiger partial charge in [-0.3, -0.25) is 4.68 Å². The number of nitrogens with one attached hydrogen (secondary N) is 2. The molecule has 3 N–H and O–H groups in total. The van der Waals surface area contributed by atoms with Crippen LogP contribution in [0.25, 0.3) is 0 Å². The summed E-state index contributed by atoms with van der Waals surface area (Å²) in [5.41, 5.74) is 1.25. The van der Waals surface area contributed by atoms with Crippen molar-refractivity contribution in [1.82, 2.24) is 15.1 Å². The van der Waals surface area contributed by atoms with Crippen LogP contribution in [0.5, 0.6) is 0 Å². The number of urea groups is 1. The number of benzene rings is 1. The Morgan fingerprint density at radius 1 is 1.46 bits per heavy atom. The molecule has 0 saturated carbocycles. The molecule has 5 unspecified atom stereocenters. The molecule has 2 amide bonds. The molecule has 0 spiro atoms. The van der Waals surface area contributed by atoms with Crippen molar-refractivity contribution < 1.29 is 23.8 Å². The number of aliphatic hydroxyl groups is 1. The molecule has 2 aromatic rings. The van der Waals surface area contributed by atoms with Gasteiger partial charge in [0.25, 0.3) is 0 Å². The fourth-order valence-corrected chi connectivity index (χ4v) is 3.34. The molecule has 3 heterocycles. The van der Waals surface area contributed by atoms with Gasteiger partial charge in [0, 0.05) is 11.9 Å². The lowest BCUT2D eigenvalue weighted by molar-refractivity contribution is -0.166. The summed E-state index contributed by atoms with van der Waals surface area (Å²) in [6, 6.07) is 3.71. The molecule has 1 aromatic carbocycles. The first-order chi connectivity index (χ1) is 12.5. The third kappa shape index (κ3) is 3.16. The number of carbonyl (C=O) groups is 1. The first-order valence-corrected chi connectivity index (χ1v) is 8.30. The number of aryl methyl sites for hydroxylation is 1. The van der Waals surface area contributed by atoms with Crippen molar-refractivity contribution in [2.45, 2.75) is 37.5 Å². The van der Waals surface area contributed by atoms with Crippen molar-refractivity contribution in [3.63, 3.8) is 0 Å². The molecular formula is C17H19FN4O4. The first-order valence-electron chi connectivity index (χ1n) is 8.30. The standard InChI is InChI=1S/C17H19FN4O4/c1-9-6-19-22(7-9)14-15(23)13(12-8-25-16(14)26-12)21-17(24)20-11-4-2-3-10(18)5-11/h2-7,12-16,23H,8H2,1H3,(H2,20,21,24). The number of ether oxygens (including phenoxy) is 2. The van der Waals surface area contributed by atoms with E-state index in [2.05, 4.69) is 15.7 Å². The smallest absolute Gasteiger partial charge is 0.319 e. The molecule has 1 aromatic heterocycles. The van der Waals surface area contributed by atoms with Crippen LogP contribution in [0.15, 0.2) is 36.7 Å². The fourth-order valence-electron chi connectivity index (χ4n) is 3.34. The first kappa shape index (κ1) is 17.0. The van der Waals surface area contributed by atoms with Gasteiger partial charge < -0.3 is 25.2 Å². The summed E-state index contributed by atoms with van der Waals surface area (Å²) >= 11 is 0. The van der Waals surface area contributed by atoms with Gasteiger partial charge in [-0.1, -0.05) is 6.07 Å². The predicted molar refractivity (Wildman–Crippen MR) is 89.0 cm³/mol. The molecular weight excluding hydrogens is 343 g/mol. The van der Waals surface area contributed by atoms with Gasteiger partial charge in [-0.15, -0.1) is 0 Å². The summed E-state index contributed by atoms with van der Waals surface area (Å²) in [7, 11) is 0. The van der Waals surface area contributed by atoms with E-state index in [1.54, 1.807) is 23.1 Å². The number of carbonyl (C=O) groups excluding carboxylic acids is 1. The van der Waals surface area contributed by atoms with Crippen LogP contribution in [0.1, 0.15) is 11.6 Å². The maximum Gasteiger partial charge on any atom is 0.319 e. The number of hydrogen-bond acceptors (Lipinski definition) is 5. The summed E-state index contributed by atoms with van der Waals surface area (Å²) in [5.74, 6) is -0.454. The third-order valence-electron chi connectivity index (χ3n) is 4.55. The van der Waals surface area contributed by atoms with E-state index in [-0.39, 0.29) is 6.61 Å². The molecule has 5 atom stereocenters. The summed E-state index contributed by atoms with van der Waals surface area (Å²) < 4.78 is 26.2. The quantitative estimate of drug-likeness (QED) is 0.762. The van der Waals surface area contributed by atoms with Gasteiger partial charge in [0.2, 0.25) is 0 Å². The zero-order valence-electron chi connectivity index (χ0n) is 14.0. The van der Waals surface area contributed by atoms with Crippen molar-refractivity contribution in [3.8, 4) is 0 Å². The molecule has 2 fully saturated rings. The van der Waals surface area contributed by atoms with Crippen LogP contribution >= 0.6 is 0 Å². The minimum Gasteiger partial charge on any atom is -0.388 e. The number of halogens is 1. The molecule has 9 heteroatoms. The number of amides is 2. The average molecular weight is 362 g/mol. The van der Waals surface area contributed by atoms with E-state index >= 15 is 0 Å². The summed E-state index contributed by atoms with van der Waals surface area (Å²) in [4.78, 5) is 12.3. The highest BCUT2D eigenvalue weighted by Crippen LogP contribution is 2.35. The van der Waals surface area contributed by atoms with Gasteiger partial charge in [-0.2, -0.15) is 5.10 Å². The van der Waals surface area contributed by atoms with Crippen LogP contribution in [0.4, 0.5) is 14.9 Å². The summed E-state index contributed by atoms with van der Waals surface area (Å²) in [5, 5.41) is 20.3. The van der Waals surface area contributed by atoms with Crippen LogP contribution in [-0.4, -0.2) is 52.1 Å². The predicted octanol–water partition coefficient (Wildman–Crippen LogP) is 1.18. The molecule has 8 nitrogen and oxygen atoms in total. The third-order valence-corrected chi connectivity index (χ3v) is 4.55. The maximum atomic E-state index is 13.2. The second-order valence-corrected chi connectivity index (χ2v) is 6.49. The Kier molecular flexibility index (Phi) is 4.35. The highest BCUT2D eigenvalue weighted by Gasteiger charge is 2.51.